The van der Waals surface area contributed by atoms with E-state index in [-0.39, 0.29) is 18.5 Å². The Bertz CT molecular complexity index is 818. The minimum atomic E-state index is -0.403. The van der Waals surface area contributed by atoms with Gasteiger partial charge in [-0.05, 0) is 49.7 Å². The molecule has 2 aromatic carbocycles. The third-order valence-corrected chi connectivity index (χ3v) is 4.44. The summed E-state index contributed by atoms with van der Waals surface area (Å²) in [5, 5.41) is 0. The normalized spacial score (nSPS) is 13.5. The summed E-state index contributed by atoms with van der Waals surface area (Å²) in [5.74, 6) is -0.553. The number of rotatable bonds is 6. The second kappa shape index (κ2) is 8.49. The molecule has 0 aromatic heterocycles. The van der Waals surface area contributed by atoms with Gasteiger partial charge in [0.05, 0.1) is 12.2 Å². The summed E-state index contributed by atoms with van der Waals surface area (Å²) in [7, 11) is 0. The zero-order valence-corrected chi connectivity index (χ0v) is 15.3. The first-order chi connectivity index (χ1) is 13.1. The van der Waals surface area contributed by atoms with Crippen molar-refractivity contribution in [2.24, 2.45) is 0 Å². The van der Waals surface area contributed by atoms with Crippen molar-refractivity contribution in [1.82, 2.24) is 4.90 Å². The topological polar surface area (TPSA) is 66.9 Å². The van der Waals surface area contributed by atoms with Crippen LogP contribution < -0.4 is 4.90 Å². The summed E-state index contributed by atoms with van der Waals surface area (Å²) >= 11 is 0. The molecule has 0 bridgehead atoms. The summed E-state index contributed by atoms with van der Waals surface area (Å²) < 4.78 is 4.99. The molecule has 1 saturated heterocycles. The van der Waals surface area contributed by atoms with E-state index >= 15 is 0 Å². The molecule has 0 N–H and O–H groups in total. The van der Waals surface area contributed by atoms with Crippen LogP contribution in [0.5, 0.6) is 0 Å². The molecule has 1 aliphatic heterocycles. The Morgan fingerprint density at radius 1 is 1.04 bits per heavy atom. The average Bonchev–Trinajstić information content (AvgIpc) is 3.11. The molecular formula is C21H22N2O4. The van der Waals surface area contributed by atoms with Crippen molar-refractivity contribution in [3.8, 4) is 0 Å². The van der Waals surface area contributed by atoms with Crippen LogP contribution in [0, 0.1) is 0 Å². The van der Waals surface area contributed by atoms with Crippen LogP contribution in [0.1, 0.15) is 40.5 Å². The van der Waals surface area contributed by atoms with Crippen molar-refractivity contribution < 1.29 is 19.1 Å². The van der Waals surface area contributed by atoms with Crippen LogP contribution in [-0.4, -0.2) is 42.5 Å². The summed E-state index contributed by atoms with van der Waals surface area (Å²) in [6.07, 6.45) is 1.31. The van der Waals surface area contributed by atoms with Crippen molar-refractivity contribution in [3.63, 3.8) is 0 Å². The van der Waals surface area contributed by atoms with Crippen LogP contribution in [0.2, 0.25) is 0 Å². The highest BCUT2D eigenvalue weighted by Crippen LogP contribution is 2.21. The van der Waals surface area contributed by atoms with Crippen LogP contribution in [0.3, 0.4) is 0 Å². The molecule has 0 spiro atoms. The number of likely N-dealkylation sites (tertiary alicyclic amines) is 1. The standard InChI is InChI=1S/C21H22N2O4/c1-2-27-21(26)17-10-12-18(13-11-17)23(15-22-14-6-9-19(22)24)20(25)16-7-4-3-5-8-16/h3-5,7-8,10-13H,2,6,9,14-15H2,1H3. The number of esters is 1. The van der Waals surface area contributed by atoms with Gasteiger partial charge in [0.15, 0.2) is 0 Å². The molecular weight excluding hydrogens is 344 g/mol. The molecule has 1 fully saturated rings. The first-order valence-corrected chi connectivity index (χ1v) is 9.02. The fraction of sp³-hybridized carbons (Fsp3) is 0.286. The molecule has 6 heteroatoms. The third-order valence-electron chi connectivity index (χ3n) is 4.44. The number of anilines is 1. The van der Waals surface area contributed by atoms with E-state index in [1.807, 2.05) is 6.07 Å². The van der Waals surface area contributed by atoms with Crippen LogP contribution in [-0.2, 0) is 9.53 Å². The molecule has 6 nitrogen and oxygen atoms in total. The van der Waals surface area contributed by atoms with Crippen molar-refractivity contribution in [2.45, 2.75) is 19.8 Å². The van der Waals surface area contributed by atoms with Gasteiger partial charge in [-0.25, -0.2) is 4.79 Å². The van der Waals surface area contributed by atoms with Crippen LogP contribution >= 0.6 is 0 Å². The molecule has 2 aromatic rings. The molecule has 3 rings (SSSR count). The van der Waals surface area contributed by atoms with Crippen LogP contribution in [0.25, 0.3) is 0 Å². The van der Waals surface area contributed by atoms with Gasteiger partial charge in [-0.2, -0.15) is 0 Å². The number of hydrogen-bond donors (Lipinski definition) is 0. The lowest BCUT2D eigenvalue weighted by atomic mass is 10.1. The summed E-state index contributed by atoms with van der Waals surface area (Å²) in [6.45, 7) is 2.87. The Morgan fingerprint density at radius 3 is 2.33 bits per heavy atom. The van der Waals surface area contributed by atoms with Gasteiger partial charge in [-0.1, -0.05) is 18.2 Å². The Balaban J connectivity index is 1.88. The Kier molecular flexibility index (Phi) is 5.86. The first-order valence-electron chi connectivity index (χ1n) is 9.02. The number of amides is 2. The number of carbonyl (C=O) groups is 3. The summed E-state index contributed by atoms with van der Waals surface area (Å²) in [4.78, 5) is 40.2. The van der Waals surface area contributed by atoms with E-state index in [2.05, 4.69) is 0 Å². The van der Waals surface area contributed by atoms with E-state index in [1.54, 1.807) is 65.3 Å². The number of ether oxygens (including phenoxy) is 1. The fourth-order valence-corrected chi connectivity index (χ4v) is 3.02. The zero-order chi connectivity index (χ0) is 19.2. The van der Waals surface area contributed by atoms with Gasteiger partial charge in [0, 0.05) is 24.2 Å². The van der Waals surface area contributed by atoms with E-state index in [0.29, 0.717) is 36.4 Å². The lowest BCUT2D eigenvalue weighted by molar-refractivity contribution is -0.127. The molecule has 0 radical (unpaired) electrons. The van der Waals surface area contributed by atoms with Crippen molar-refractivity contribution >= 4 is 23.5 Å². The quantitative estimate of drug-likeness (QED) is 0.737. The van der Waals surface area contributed by atoms with Crippen molar-refractivity contribution in [1.29, 1.82) is 0 Å². The predicted octanol–water partition coefficient (Wildman–Crippen LogP) is 3.09. The number of benzene rings is 2. The van der Waals surface area contributed by atoms with E-state index in [1.165, 1.54) is 0 Å². The van der Waals surface area contributed by atoms with E-state index in [4.69, 9.17) is 4.74 Å². The number of hydrogen-bond acceptors (Lipinski definition) is 4. The largest absolute Gasteiger partial charge is 0.462 e. The smallest absolute Gasteiger partial charge is 0.338 e. The maximum Gasteiger partial charge on any atom is 0.338 e. The number of nitrogens with zero attached hydrogens (tertiary/aromatic N) is 2. The molecule has 0 saturated carbocycles. The van der Waals surface area contributed by atoms with Crippen LogP contribution in [0.15, 0.2) is 54.6 Å². The lowest BCUT2D eigenvalue weighted by Gasteiger charge is -2.28. The minimum Gasteiger partial charge on any atom is -0.462 e. The van der Waals surface area contributed by atoms with Crippen molar-refractivity contribution in [2.75, 3.05) is 24.7 Å². The summed E-state index contributed by atoms with van der Waals surface area (Å²) in [6, 6.07) is 15.6. The fourth-order valence-electron chi connectivity index (χ4n) is 3.02. The Morgan fingerprint density at radius 2 is 1.74 bits per heavy atom. The number of carbonyl (C=O) groups excluding carboxylic acids is 3. The van der Waals surface area contributed by atoms with E-state index < -0.39 is 5.97 Å². The molecule has 140 valence electrons. The van der Waals surface area contributed by atoms with Crippen molar-refractivity contribution in [3.05, 3.63) is 65.7 Å². The van der Waals surface area contributed by atoms with Gasteiger partial charge in [0.1, 0.15) is 6.67 Å². The highest BCUT2D eigenvalue weighted by molar-refractivity contribution is 6.06. The highest BCUT2D eigenvalue weighted by Gasteiger charge is 2.26. The zero-order valence-electron chi connectivity index (χ0n) is 15.3. The van der Waals surface area contributed by atoms with Gasteiger partial charge in [0.25, 0.3) is 5.91 Å². The average molecular weight is 366 g/mol. The molecule has 2 amide bonds. The lowest BCUT2D eigenvalue weighted by Crippen LogP contribution is -2.42. The van der Waals surface area contributed by atoms with Gasteiger partial charge >= 0.3 is 5.97 Å². The SMILES string of the molecule is CCOC(=O)c1ccc(N(CN2CCCC2=O)C(=O)c2ccccc2)cc1. The molecule has 1 aliphatic rings. The van der Waals surface area contributed by atoms with Gasteiger partial charge in [0.2, 0.25) is 5.91 Å². The molecule has 27 heavy (non-hydrogen) atoms. The maximum absolute atomic E-state index is 13.1. The second-order valence-electron chi connectivity index (χ2n) is 6.27. The molecule has 0 aliphatic carbocycles. The monoisotopic (exact) mass is 366 g/mol. The van der Waals surface area contributed by atoms with E-state index in [0.717, 1.165) is 6.42 Å². The predicted molar refractivity (Wildman–Crippen MR) is 101 cm³/mol. The van der Waals surface area contributed by atoms with Crippen LogP contribution in [0.4, 0.5) is 5.69 Å². The maximum atomic E-state index is 13.1. The van der Waals surface area contributed by atoms with E-state index in [9.17, 15) is 14.4 Å². The highest BCUT2D eigenvalue weighted by atomic mass is 16.5. The second-order valence-corrected chi connectivity index (χ2v) is 6.27. The Labute approximate surface area is 158 Å². The van der Waals surface area contributed by atoms with Gasteiger partial charge in [-0.15, -0.1) is 0 Å². The molecule has 0 unspecified atom stereocenters. The third kappa shape index (κ3) is 4.34. The molecule has 1 heterocycles. The Hall–Kier alpha value is -3.15. The van der Waals surface area contributed by atoms with Gasteiger partial charge < -0.3 is 9.64 Å². The molecule has 0 atom stereocenters. The summed E-state index contributed by atoms with van der Waals surface area (Å²) in [5.41, 5.74) is 1.58. The minimum absolute atomic E-state index is 0.0454. The van der Waals surface area contributed by atoms with Gasteiger partial charge in [-0.3, -0.25) is 14.5 Å². The first kappa shape index (κ1) is 18.6.